The number of hydrogen-bond donors (Lipinski definition) is 0. The number of carbonyl (C=O) groups excluding carboxylic acids is 2. The number of amides is 1. The zero-order chi connectivity index (χ0) is 15.0. The monoisotopic (exact) mass is 399 g/mol. The molecule has 0 radical (unpaired) electrons. The van der Waals surface area contributed by atoms with Gasteiger partial charge in [-0.05, 0) is 65.8 Å². The zero-order valence-electron chi connectivity index (χ0n) is 12.5. The Morgan fingerprint density at radius 3 is 2.95 bits per heavy atom. The maximum Gasteiger partial charge on any atom is 0.261 e. The molecule has 0 aromatic carbocycles. The van der Waals surface area contributed by atoms with Crippen molar-refractivity contribution < 1.29 is 9.59 Å². The Kier molecular flexibility index (Phi) is 4.26. The third-order valence-corrected chi connectivity index (χ3v) is 6.30. The summed E-state index contributed by atoms with van der Waals surface area (Å²) < 4.78 is 0.912. The van der Waals surface area contributed by atoms with Gasteiger partial charge in [-0.25, -0.2) is 0 Å². The van der Waals surface area contributed by atoms with Gasteiger partial charge < -0.3 is 4.90 Å². The van der Waals surface area contributed by atoms with Crippen molar-refractivity contribution in [2.75, 3.05) is 6.54 Å². The lowest BCUT2D eigenvalue weighted by atomic mass is 9.67. The van der Waals surface area contributed by atoms with Crippen molar-refractivity contribution in [2.24, 2.45) is 5.92 Å². The molecule has 2 heterocycles. The fourth-order valence-electron chi connectivity index (χ4n) is 4.20. The molecule has 1 spiro atoms. The van der Waals surface area contributed by atoms with Gasteiger partial charge in [0.15, 0.2) is 5.78 Å². The molecule has 0 aromatic heterocycles. The molecule has 2 aliphatic heterocycles. The molecule has 2 unspecified atom stereocenters. The van der Waals surface area contributed by atoms with Gasteiger partial charge in [-0.1, -0.05) is 25.8 Å². The maximum absolute atomic E-state index is 12.7. The molecule has 0 bridgehead atoms. The molecule has 1 amide bonds. The molecule has 1 saturated heterocycles. The number of allylic oxidation sites excluding steroid dienone is 1. The maximum atomic E-state index is 12.7. The summed E-state index contributed by atoms with van der Waals surface area (Å²) in [6.45, 7) is 3.03. The number of nitrogens with zero attached hydrogens (tertiary/aromatic N) is 1. The van der Waals surface area contributed by atoms with Gasteiger partial charge in [-0.3, -0.25) is 9.59 Å². The molecular formula is C17H22INO2. The third kappa shape index (κ3) is 2.30. The molecule has 0 saturated carbocycles. The Morgan fingerprint density at radius 2 is 2.19 bits per heavy atom. The molecule has 1 aliphatic carbocycles. The second-order valence-corrected chi connectivity index (χ2v) is 7.45. The van der Waals surface area contributed by atoms with Gasteiger partial charge in [0, 0.05) is 13.0 Å². The fraction of sp³-hybridized carbons (Fsp3) is 0.647. The molecule has 4 heteroatoms. The predicted molar refractivity (Wildman–Crippen MR) is 91.1 cm³/mol. The number of rotatable bonds is 4. The minimum absolute atomic E-state index is 0.186. The summed E-state index contributed by atoms with van der Waals surface area (Å²) in [6, 6.07) is 0. The molecule has 3 rings (SSSR count). The Bertz CT molecular complexity index is 537. The summed E-state index contributed by atoms with van der Waals surface area (Å²) in [6.07, 6.45) is 11.0. The van der Waals surface area contributed by atoms with Crippen LogP contribution >= 0.6 is 22.6 Å². The third-order valence-electron chi connectivity index (χ3n) is 5.19. The highest BCUT2D eigenvalue weighted by molar-refractivity contribution is 14.1. The van der Waals surface area contributed by atoms with E-state index < -0.39 is 0 Å². The Labute approximate surface area is 140 Å². The molecule has 0 N–H and O–H groups in total. The van der Waals surface area contributed by atoms with Crippen molar-refractivity contribution in [2.45, 2.75) is 57.4 Å². The van der Waals surface area contributed by atoms with Crippen LogP contribution < -0.4 is 0 Å². The SMILES string of the molecule is CCCCCC1=C(I)C(=O)N2CCCC3CC(=O)C=CC132. The molecule has 1 fully saturated rings. The highest BCUT2D eigenvalue weighted by atomic mass is 127. The van der Waals surface area contributed by atoms with Crippen LogP contribution in [0, 0.1) is 5.92 Å². The first-order valence-electron chi connectivity index (χ1n) is 8.04. The molecule has 3 aliphatic rings. The molecule has 21 heavy (non-hydrogen) atoms. The van der Waals surface area contributed by atoms with Crippen molar-refractivity contribution in [1.29, 1.82) is 0 Å². The lowest BCUT2D eigenvalue weighted by Crippen LogP contribution is -2.57. The largest absolute Gasteiger partial charge is 0.325 e. The number of hydrogen-bond acceptors (Lipinski definition) is 2. The van der Waals surface area contributed by atoms with E-state index in [9.17, 15) is 9.59 Å². The van der Waals surface area contributed by atoms with E-state index in [-0.39, 0.29) is 23.1 Å². The number of carbonyl (C=O) groups is 2. The van der Waals surface area contributed by atoms with Gasteiger partial charge in [-0.2, -0.15) is 0 Å². The van der Waals surface area contributed by atoms with Gasteiger partial charge in [0.25, 0.3) is 5.91 Å². The lowest BCUT2D eigenvalue weighted by Gasteiger charge is -2.49. The highest BCUT2D eigenvalue weighted by Gasteiger charge is 2.56. The van der Waals surface area contributed by atoms with Crippen LogP contribution in [-0.4, -0.2) is 28.7 Å². The molecule has 0 aromatic rings. The summed E-state index contributed by atoms with van der Waals surface area (Å²) in [7, 11) is 0. The zero-order valence-corrected chi connectivity index (χ0v) is 14.7. The van der Waals surface area contributed by atoms with Gasteiger partial charge in [0.05, 0.1) is 9.12 Å². The first kappa shape index (κ1) is 15.3. The number of ketones is 1. The minimum Gasteiger partial charge on any atom is -0.325 e. The second kappa shape index (κ2) is 5.86. The average Bonchev–Trinajstić information content (AvgIpc) is 2.69. The first-order valence-corrected chi connectivity index (χ1v) is 9.12. The summed E-state index contributed by atoms with van der Waals surface area (Å²) in [5.41, 5.74) is 1.02. The van der Waals surface area contributed by atoms with Crippen molar-refractivity contribution in [3.63, 3.8) is 0 Å². The molecule has 114 valence electrons. The number of halogens is 1. The lowest BCUT2D eigenvalue weighted by molar-refractivity contribution is -0.133. The summed E-state index contributed by atoms with van der Waals surface area (Å²) in [5, 5.41) is 0. The van der Waals surface area contributed by atoms with E-state index in [4.69, 9.17) is 0 Å². The van der Waals surface area contributed by atoms with E-state index >= 15 is 0 Å². The van der Waals surface area contributed by atoms with Crippen LogP contribution in [0.1, 0.15) is 51.9 Å². The van der Waals surface area contributed by atoms with Gasteiger partial charge in [0.1, 0.15) is 0 Å². The molecule has 2 atom stereocenters. The predicted octanol–water partition coefficient (Wildman–Crippen LogP) is 3.78. The van der Waals surface area contributed by atoms with Crippen LogP contribution in [-0.2, 0) is 9.59 Å². The van der Waals surface area contributed by atoms with Crippen LogP contribution in [0.25, 0.3) is 0 Å². The quantitative estimate of drug-likeness (QED) is 0.533. The standard InChI is InChI=1S/C17H22INO2/c1-2-3-4-7-14-15(18)16(21)19-10-5-6-12-11-13(20)8-9-17(12,14)19/h8-9,12H,2-7,10-11H2,1H3. The van der Waals surface area contributed by atoms with Crippen molar-refractivity contribution >= 4 is 34.3 Å². The minimum atomic E-state index is -0.270. The summed E-state index contributed by atoms with van der Waals surface area (Å²) in [5.74, 6) is 0.692. The first-order chi connectivity index (χ1) is 10.1. The Hall–Kier alpha value is -0.650. The van der Waals surface area contributed by atoms with Crippen molar-refractivity contribution in [1.82, 2.24) is 4.90 Å². The molecular weight excluding hydrogens is 377 g/mol. The Balaban J connectivity index is 2.01. The van der Waals surface area contributed by atoms with Gasteiger partial charge in [-0.15, -0.1) is 0 Å². The van der Waals surface area contributed by atoms with Crippen LogP contribution in [0.4, 0.5) is 0 Å². The van der Waals surface area contributed by atoms with E-state index in [1.165, 1.54) is 18.4 Å². The van der Waals surface area contributed by atoms with E-state index in [1.54, 1.807) is 6.08 Å². The molecule has 3 nitrogen and oxygen atoms in total. The van der Waals surface area contributed by atoms with Crippen LogP contribution in [0.5, 0.6) is 0 Å². The summed E-state index contributed by atoms with van der Waals surface area (Å²) in [4.78, 5) is 26.5. The number of unbranched alkanes of at least 4 members (excludes halogenated alkanes) is 2. The van der Waals surface area contributed by atoms with Crippen LogP contribution in [0.2, 0.25) is 0 Å². The second-order valence-electron chi connectivity index (χ2n) is 6.37. The van der Waals surface area contributed by atoms with Gasteiger partial charge in [0.2, 0.25) is 0 Å². The van der Waals surface area contributed by atoms with Crippen LogP contribution in [0.15, 0.2) is 21.3 Å². The van der Waals surface area contributed by atoms with E-state index in [0.29, 0.717) is 6.42 Å². The normalized spacial score (nSPS) is 31.7. The fourth-order valence-corrected chi connectivity index (χ4v) is 5.19. The van der Waals surface area contributed by atoms with Crippen molar-refractivity contribution in [3.05, 3.63) is 21.3 Å². The van der Waals surface area contributed by atoms with Crippen LogP contribution in [0.3, 0.4) is 0 Å². The smallest absolute Gasteiger partial charge is 0.261 e. The highest BCUT2D eigenvalue weighted by Crippen LogP contribution is 2.52. The average molecular weight is 399 g/mol. The Morgan fingerprint density at radius 1 is 1.38 bits per heavy atom. The summed E-state index contributed by atoms with van der Waals surface area (Å²) >= 11 is 2.24. The van der Waals surface area contributed by atoms with Gasteiger partial charge >= 0.3 is 0 Å². The number of piperidine rings is 1. The van der Waals surface area contributed by atoms with E-state index in [0.717, 1.165) is 35.8 Å². The topological polar surface area (TPSA) is 37.4 Å². The van der Waals surface area contributed by atoms with E-state index in [1.807, 2.05) is 11.0 Å². The van der Waals surface area contributed by atoms with E-state index in [2.05, 4.69) is 29.5 Å². The van der Waals surface area contributed by atoms with Crippen molar-refractivity contribution in [3.8, 4) is 0 Å².